The number of rotatable bonds is 5. The molecule has 0 spiro atoms. The zero-order valence-electron chi connectivity index (χ0n) is 11.7. The van der Waals surface area contributed by atoms with Crippen molar-refractivity contribution < 1.29 is 9.47 Å². The Balaban J connectivity index is 1.90. The van der Waals surface area contributed by atoms with E-state index < -0.39 is 5.79 Å². The van der Waals surface area contributed by atoms with Crippen molar-refractivity contribution in [2.45, 2.75) is 49.6 Å². The Labute approximate surface area is 120 Å². The first-order valence-electron chi connectivity index (χ1n) is 6.73. The zero-order valence-corrected chi connectivity index (χ0v) is 12.5. The fourth-order valence-corrected chi connectivity index (χ4v) is 3.29. The van der Waals surface area contributed by atoms with Crippen LogP contribution in [0.3, 0.4) is 0 Å². The molecule has 0 saturated carbocycles. The maximum atomic E-state index is 5.99. The molecule has 0 amide bonds. The van der Waals surface area contributed by atoms with Gasteiger partial charge in [0.05, 0.1) is 12.2 Å². The van der Waals surface area contributed by atoms with Crippen molar-refractivity contribution in [3.8, 4) is 0 Å². The molecule has 1 aromatic carbocycles. The summed E-state index contributed by atoms with van der Waals surface area (Å²) >= 11 is 1.84. The molecule has 104 valence electrons. The summed E-state index contributed by atoms with van der Waals surface area (Å²) in [5.74, 6) is 0.471. The van der Waals surface area contributed by atoms with Crippen LogP contribution in [0.15, 0.2) is 47.9 Å². The van der Waals surface area contributed by atoms with Crippen LogP contribution in [-0.4, -0.2) is 23.7 Å². The molecule has 0 radical (unpaired) electrons. The normalized spacial score (nSPS) is 26.0. The van der Waals surface area contributed by atoms with Crippen molar-refractivity contribution in [2.24, 2.45) is 0 Å². The van der Waals surface area contributed by atoms with Gasteiger partial charge < -0.3 is 9.47 Å². The standard InChI is InChI=1S/C16H22O2S/c1-4-8-13-11-14(18-16(2,3)17-13)12-19-15-9-6-5-7-10-15/h4-7,9-10,13-14H,1,8,11-12H2,2-3H3/t13-,14-/m1/s1. The lowest BCUT2D eigenvalue weighted by Gasteiger charge is -2.40. The highest BCUT2D eigenvalue weighted by atomic mass is 32.2. The third kappa shape index (κ3) is 4.68. The molecule has 1 aliphatic rings. The Morgan fingerprint density at radius 2 is 1.95 bits per heavy atom. The van der Waals surface area contributed by atoms with E-state index in [1.54, 1.807) is 0 Å². The SMILES string of the molecule is C=CC[C@@H]1C[C@H](CSc2ccccc2)OC(C)(C)O1. The van der Waals surface area contributed by atoms with Crippen LogP contribution in [0.2, 0.25) is 0 Å². The molecule has 1 heterocycles. The second kappa shape index (κ2) is 6.60. The topological polar surface area (TPSA) is 18.5 Å². The van der Waals surface area contributed by atoms with Gasteiger partial charge in [0.15, 0.2) is 5.79 Å². The highest BCUT2D eigenvalue weighted by Gasteiger charge is 2.34. The first-order chi connectivity index (χ1) is 9.09. The van der Waals surface area contributed by atoms with Gasteiger partial charge in [-0.15, -0.1) is 18.3 Å². The number of thioether (sulfide) groups is 1. The van der Waals surface area contributed by atoms with Gasteiger partial charge in [0, 0.05) is 17.1 Å². The third-order valence-corrected chi connectivity index (χ3v) is 4.18. The van der Waals surface area contributed by atoms with Crippen LogP contribution in [0.25, 0.3) is 0 Å². The molecule has 19 heavy (non-hydrogen) atoms. The minimum atomic E-state index is -0.492. The van der Waals surface area contributed by atoms with Gasteiger partial charge in [-0.05, 0) is 32.4 Å². The minimum absolute atomic E-state index is 0.225. The Bertz CT molecular complexity index is 402. The van der Waals surface area contributed by atoms with Gasteiger partial charge in [-0.1, -0.05) is 24.3 Å². The lowest BCUT2D eigenvalue weighted by atomic mass is 10.1. The van der Waals surface area contributed by atoms with Crippen molar-refractivity contribution >= 4 is 11.8 Å². The maximum Gasteiger partial charge on any atom is 0.163 e. The third-order valence-electron chi connectivity index (χ3n) is 3.04. The summed E-state index contributed by atoms with van der Waals surface area (Å²) < 4.78 is 11.9. The molecule has 2 rings (SSSR count). The molecular formula is C16H22O2S. The monoisotopic (exact) mass is 278 g/mol. The highest BCUT2D eigenvalue weighted by Crippen LogP contribution is 2.31. The van der Waals surface area contributed by atoms with Crippen LogP contribution in [0, 0.1) is 0 Å². The first kappa shape index (κ1) is 14.6. The van der Waals surface area contributed by atoms with Crippen molar-refractivity contribution in [1.29, 1.82) is 0 Å². The molecule has 1 fully saturated rings. The van der Waals surface area contributed by atoms with Crippen LogP contribution >= 0.6 is 11.8 Å². The van der Waals surface area contributed by atoms with Gasteiger partial charge in [0.2, 0.25) is 0 Å². The van der Waals surface area contributed by atoms with Crippen molar-refractivity contribution in [2.75, 3.05) is 5.75 Å². The van der Waals surface area contributed by atoms with Crippen molar-refractivity contribution in [1.82, 2.24) is 0 Å². The van der Waals surface area contributed by atoms with Gasteiger partial charge in [0.1, 0.15) is 0 Å². The number of hydrogen-bond acceptors (Lipinski definition) is 3. The predicted molar refractivity (Wildman–Crippen MR) is 80.4 cm³/mol. The summed E-state index contributed by atoms with van der Waals surface area (Å²) in [5, 5.41) is 0. The molecular weight excluding hydrogens is 256 g/mol. The second-order valence-corrected chi connectivity index (χ2v) is 6.36. The number of hydrogen-bond donors (Lipinski definition) is 0. The van der Waals surface area contributed by atoms with Crippen LogP contribution in [0.5, 0.6) is 0 Å². The van der Waals surface area contributed by atoms with E-state index in [-0.39, 0.29) is 12.2 Å². The van der Waals surface area contributed by atoms with E-state index in [1.165, 1.54) is 4.90 Å². The lowest BCUT2D eigenvalue weighted by molar-refractivity contribution is -0.294. The summed E-state index contributed by atoms with van der Waals surface area (Å²) in [6, 6.07) is 10.4. The maximum absolute atomic E-state index is 5.99. The molecule has 0 unspecified atom stereocenters. The first-order valence-corrected chi connectivity index (χ1v) is 7.72. The predicted octanol–water partition coefficient (Wildman–Crippen LogP) is 4.27. The lowest BCUT2D eigenvalue weighted by Crippen LogP contribution is -2.45. The fourth-order valence-electron chi connectivity index (χ4n) is 2.36. The summed E-state index contributed by atoms with van der Waals surface area (Å²) in [7, 11) is 0. The average Bonchev–Trinajstić information content (AvgIpc) is 2.36. The summed E-state index contributed by atoms with van der Waals surface area (Å²) in [6.45, 7) is 7.77. The summed E-state index contributed by atoms with van der Waals surface area (Å²) in [6.07, 6.45) is 4.21. The molecule has 2 atom stereocenters. The van der Waals surface area contributed by atoms with Crippen LogP contribution in [0.1, 0.15) is 26.7 Å². The van der Waals surface area contributed by atoms with Gasteiger partial charge in [-0.3, -0.25) is 0 Å². The molecule has 0 aliphatic carbocycles. The Morgan fingerprint density at radius 3 is 2.63 bits per heavy atom. The minimum Gasteiger partial charge on any atom is -0.347 e. The number of ether oxygens (including phenoxy) is 2. The smallest absolute Gasteiger partial charge is 0.163 e. The molecule has 0 aromatic heterocycles. The van der Waals surface area contributed by atoms with E-state index in [0.29, 0.717) is 0 Å². The van der Waals surface area contributed by atoms with E-state index in [9.17, 15) is 0 Å². The molecule has 3 heteroatoms. The van der Waals surface area contributed by atoms with E-state index in [4.69, 9.17) is 9.47 Å². The molecule has 0 bridgehead atoms. The molecule has 1 aromatic rings. The molecule has 1 saturated heterocycles. The van der Waals surface area contributed by atoms with Crippen LogP contribution in [-0.2, 0) is 9.47 Å². The van der Waals surface area contributed by atoms with Crippen molar-refractivity contribution in [3.63, 3.8) is 0 Å². The summed E-state index contributed by atoms with van der Waals surface area (Å²) in [5.41, 5.74) is 0. The molecule has 2 nitrogen and oxygen atoms in total. The molecule has 1 aliphatic heterocycles. The van der Waals surface area contributed by atoms with E-state index in [0.717, 1.165) is 18.6 Å². The van der Waals surface area contributed by atoms with Gasteiger partial charge >= 0.3 is 0 Å². The van der Waals surface area contributed by atoms with Gasteiger partial charge in [0.25, 0.3) is 0 Å². The average molecular weight is 278 g/mol. The Hall–Kier alpha value is -0.770. The van der Waals surface area contributed by atoms with Crippen molar-refractivity contribution in [3.05, 3.63) is 43.0 Å². The largest absolute Gasteiger partial charge is 0.347 e. The van der Waals surface area contributed by atoms with Gasteiger partial charge in [-0.25, -0.2) is 0 Å². The fraction of sp³-hybridized carbons (Fsp3) is 0.500. The number of benzene rings is 1. The van der Waals surface area contributed by atoms with Gasteiger partial charge in [-0.2, -0.15) is 0 Å². The van der Waals surface area contributed by atoms with Crippen LogP contribution in [0.4, 0.5) is 0 Å². The van der Waals surface area contributed by atoms with Crippen LogP contribution < -0.4 is 0 Å². The van der Waals surface area contributed by atoms with E-state index in [2.05, 4.69) is 30.8 Å². The Kier molecular flexibility index (Phi) is 5.08. The highest BCUT2D eigenvalue weighted by molar-refractivity contribution is 7.99. The second-order valence-electron chi connectivity index (χ2n) is 5.26. The van der Waals surface area contributed by atoms with E-state index in [1.807, 2.05) is 37.8 Å². The quantitative estimate of drug-likeness (QED) is 0.592. The Morgan fingerprint density at radius 1 is 1.26 bits per heavy atom. The zero-order chi connectivity index (χ0) is 13.7. The van der Waals surface area contributed by atoms with E-state index >= 15 is 0 Å². The summed E-state index contributed by atoms with van der Waals surface area (Å²) in [4.78, 5) is 1.29. The molecule has 0 N–H and O–H groups in total.